The lowest BCUT2D eigenvalue weighted by Crippen LogP contribution is -2.12. The lowest BCUT2D eigenvalue weighted by atomic mass is 10.2. The molecule has 1 aromatic heterocycles. The molecule has 0 spiro atoms. The van der Waals surface area contributed by atoms with Crippen LogP contribution in [0.4, 0.5) is 5.69 Å². The van der Waals surface area contributed by atoms with Gasteiger partial charge in [-0.15, -0.1) is 0 Å². The zero-order valence-corrected chi connectivity index (χ0v) is 12.8. The molecule has 0 saturated heterocycles. The Labute approximate surface area is 129 Å². The van der Waals surface area contributed by atoms with E-state index in [1.807, 2.05) is 0 Å². The third kappa shape index (κ3) is 3.77. The fraction of sp³-hybridized carbons (Fsp3) is 0.214. The number of carbonyl (C=O) groups is 1. The van der Waals surface area contributed by atoms with Gasteiger partial charge < -0.3 is 24.3 Å². The van der Waals surface area contributed by atoms with Crippen LogP contribution in [0.2, 0.25) is 0 Å². The first-order valence-corrected chi connectivity index (χ1v) is 6.91. The number of aliphatic hydroxyl groups is 1. The molecular weight excluding hydrogens is 342 g/mol. The summed E-state index contributed by atoms with van der Waals surface area (Å²) < 4.78 is 15.9. The molecule has 1 heterocycles. The van der Waals surface area contributed by atoms with Crippen LogP contribution < -0.4 is 14.8 Å². The lowest BCUT2D eigenvalue weighted by molar-refractivity contribution is 0.102. The van der Waals surface area contributed by atoms with E-state index in [4.69, 9.17) is 19.0 Å². The van der Waals surface area contributed by atoms with Gasteiger partial charge in [-0.3, -0.25) is 4.79 Å². The van der Waals surface area contributed by atoms with Crippen LogP contribution >= 0.6 is 15.9 Å². The van der Waals surface area contributed by atoms with Gasteiger partial charge in [0.15, 0.2) is 16.2 Å². The molecule has 0 aliphatic carbocycles. The van der Waals surface area contributed by atoms with Crippen molar-refractivity contribution in [1.29, 1.82) is 0 Å². The maximum atomic E-state index is 12.1. The molecule has 2 rings (SSSR count). The van der Waals surface area contributed by atoms with Crippen molar-refractivity contribution >= 4 is 27.5 Å². The van der Waals surface area contributed by atoms with Gasteiger partial charge in [0.2, 0.25) is 0 Å². The van der Waals surface area contributed by atoms with Gasteiger partial charge in [-0.25, -0.2) is 0 Å². The minimum absolute atomic E-state index is 0.109. The predicted molar refractivity (Wildman–Crippen MR) is 79.9 cm³/mol. The summed E-state index contributed by atoms with van der Waals surface area (Å²) in [7, 11) is 1.52. The first-order chi connectivity index (χ1) is 10.2. The van der Waals surface area contributed by atoms with Gasteiger partial charge in [0.05, 0.1) is 25.5 Å². The SMILES string of the molecule is COc1ccc(NC(=O)c2ccoc2Br)cc1OCCO. The highest BCUT2D eigenvalue weighted by Gasteiger charge is 2.14. The van der Waals surface area contributed by atoms with E-state index in [0.29, 0.717) is 27.4 Å². The van der Waals surface area contributed by atoms with Gasteiger partial charge in [-0.05, 0) is 34.1 Å². The van der Waals surface area contributed by atoms with Crippen molar-refractivity contribution in [3.05, 3.63) is 40.8 Å². The molecule has 0 aliphatic rings. The van der Waals surface area contributed by atoms with Crippen LogP contribution in [-0.4, -0.2) is 31.3 Å². The molecule has 2 aromatic rings. The number of nitrogens with one attached hydrogen (secondary N) is 1. The molecule has 7 heteroatoms. The quantitative estimate of drug-likeness (QED) is 0.832. The Morgan fingerprint density at radius 3 is 2.81 bits per heavy atom. The second-order valence-corrected chi connectivity index (χ2v) is 4.72. The molecule has 0 bridgehead atoms. The van der Waals surface area contributed by atoms with Crippen LogP contribution in [0.5, 0.6) is 11.5 Å². The number of hydrogen-bond donors (Lipinski definition) is 2. The Morgan fingerprint density at radius 2 is 2.19 bits per heavy atom. The maximum Gasteiger partial charge on any atom is 0.260 e. The number of ether oxygens (including phenoxy) is 2. The molecule has 0 saturated carbocycles. The lowest BCUT2D eigenvalue weighted by Gasteiger charge is -2.12. The zero-order chi connectivity index (χ0) is 15.2. The smallest absolute Gasteiger partial charge is 0.260 e. The van der Waals surface area contributed by atoms with E-state index in [9.17, 15) is 4.79 Å². The minimum Gasteiger partial charge on any atom is -0.493 e. The molecule has 0 atom stereocenters. The Bertz CT molecular complexity index is 626. The van der Waals surface area contributed by atoms with E-state index in [0.717, 1.165) is 0 Å². The van der Waals surface area contributed by atoms with Gasteiger partial charge in [0.1, 0.15) is 6.61 Å². The normalized spacial score (nSPS) is 10.2. The summed E-state index contributed by atoms with van der Waals surface area (Å²) in [6, 6.07) is 6.55. The van der Waals surface area contributed by atoms with Crippen LogP contribution in [0, 0.1) is 0 Å². The van der Waals surface area contributed by atoms with Gasteiger partial charge in [-0.2, -0.15) is 0 Å². The summed E-state index contributed by atoms with van der Waals surface area (Å²) >= 11 is 3.15. The summed E-state index contributed by atoms with van der Waals surface area (Å²) in [6.45, 7) is 0.0305. The van der Waals surface area contributed by atoms with Crippen LogP contribution in [0.25, 0.3) is 0 Å². The van der Waals surface area contributed by atoms with Crippen molar-refractivity contribution in [2.24, 2.45) is 0 Å². The Balaban J connectivity index is 2.16. The van der Waals surface area contributed by atoms with Crippen molar-refractivity contribution in [2.75, 3.05) is 25.6 Å². The van der Waals surface area contributed by atoms with Crippen LogP contribution in [-0.2, 0) is 0 Å². The van der Waals surface area contributed by atoms with E-state index in [-0.39, 0.29) is 19.1 Å². The molecule has 0 aliphatic heterocycles. The number of furan rings is 1. The molecule has 112 valence electrons. The summed E-state index contributed by atoms with van der Waals surface area (Å²) in [4.78, 5) is 12.1. The van der Waals surface area contributed by atoms with E-state index in [1.54, 1.807) is 24.3 Å². The van der Waals surface area contributed by atoms with E-state index >= 15 is 0 Å². The first kappa shape index (κ1) is 15.4. The van der Waals surface area contributed by atoms with Gasteiger partial charge in [-0.1, -0.05) is 0 Å². The third-order valence-electron chi connectivity index (χ3n) is 2.63. The number of rotatable bonds is 6. The molecule has 21 heavy (non-hydrogen) atoms. The maximum absolute atomic E-state index is 12.1. The van der Waals surface area contributed by atoms with Crippen molar-refractivity contribution in [3.8, 4) is 11.5 Å². The van der Waals surface area contributed by atoms with Gasteiger partial charge in [0.25, 0.3) is 5.91 Å². The number of hydrogen-bond acceptors (Lipinski definition) is 5. The molecule has 0 radical (unpaired) electrons. The molecule has 2 N–H and O–H groups in total. The molecule has 0 unspecified atom stereocenters. The average molecular weight is 356 g/mol. The Morgan fingerprint density at radius 1 is 1.38 bits per heavy atom. The highest BCUT2D eigenvalue weighted by atomic mass is 79.9. The highest BCUT2D eigenvalue weighted by molar-refractivity contribution is 9.10. The fourth-order valence-corrected chi connectivity index (χ4v) is 2.10. The van der Waals surface area contributed by atoms with E-state index in [1.165, 1.54) is 13.4 Å². The zero-order valence-electron chi connectivity index (χ0n) is 11.3. The van der Waals surface area contributed by atoms with Crippen LogP contribution in [0.1, 0.15) is 10.4 Å². The van der Waals surface area contributed by atoms with Crippen LogP contribution in [0.15, 0.2) is 39.6 Å². The molecular formula is C14H14BrNO5. The molecule has 1 amide bonds. The third-order valence-corrected chi connectivity index (χ3v) is 3.25. The number of halogens is 1. The van der Waals surface area contributed by atoms with Gasteiger partial charge >= 0.3 is 0 Å². The summed E-state index contributed by atoms with van der Waals surface area (Å²) in [5.74, 6) is 0.649. The Hall–Kier alpha value is -1.99. The number of carbonyl (C=O) groups excluding carboxylic acids is 1. The predicted octanol–water partition coefficient (Wildman–Crippen LogP) is 2.67. The molecule has 0 fully saturated rings. The van der Waals surface area contributed by atoms with Crippen molar-refractivity contribution in [3.63, 3.8) is 0 Å². The second kappa shape index (κ2) is 7.14. The van der Waals surface area contributed by atoms with Crippen LogP contribution in [0.3, 0.4) is 0 Å². The first-order valence-electron chi connectivity index (χ1n) is 6.11. The largest absolute Gasteiger partial charge is 0.493 e. The van der Waals surface area contributed by atoms with Crippen molar-refractivity contribution in [1.82, 2.24) is 0 Å². The summed E-state index contributed by atoms with van der Waals surface area (Å²) in [5.41, 5.74) is 0.936. The second-order valence-electron chi connectivity index (χ2n) is 4.00. The number of amides is 1. The number of benzene rings is 1. The summed E-state index contributed by atoms with van der Waals surface area (Å²) in [6.07, 6.45) is 1.42. The number of anilines is 1. The van der Waals surface area contributed by atoms with E-state index in [2.05, 4.69) is 21.2 Å². The Kier molecular flexibility index (Phi) is 5.24. The highest BCUT2D eigenvalue weighted by Crippen LogP contribution is 2.30. The minimum atomic E-state index is -0.311. The van der Waals surface area contributed by atoms with Gasteiger partial charge in [0, 0.05) is 11.8 Å². The topological polar surface area (TPSA) is 80.9 Å². The molecule has 6 nitrogen and oxygen atoms in total. The fourth-order valence-electron chi connectivity index (χ4n) is 1.68. The van der Waals surface area contributed by atoms with Crippen molar-refractivity contribution < 1.29 is 23.8 Å². The average Bonchev–Trinajstić information content (AvgIpc) is 2.91. The molecule has 1 aromatic carbocycles. The van der Waals surface area contributed by atoms with E-state index < -0.39 is 0 Å². The monoisotopic (exact) mass is 355 g/mol. The number of methoxy groups -OCH3 is 1. The standard InChI is InChI=1S/C14H14BrNO5/c1-19-11-3-2-9(8-12(11)20-7-5-17)16-14(18)10-4-6-21-13(10)15/h2-4,6,8,17H,5,7H2,1H3,(H,16,18). The number of aliphatic hydroxyl groups excluding tert-OH is 1. The van der Waals surface area contributed by atoms with Crippen molar-refractivity contribution in [2.45, 2.75) is 0 Å². The summed E-state index contributed by atoms with van der Waals surface area (Å²) in [5, 5.41) is 11.5.